The lowest BCUT2D eigenvalue weighted by molar-refractivity contribution is -0.274. The molecule has 0 fully saturated rings. The van der Waals surface area contributed by atoms with Crippen LogP contribution in [0.15, 0.2) is 12.4 Å². The quantitative estimate of drug-likeness (QED) is 0.760. The molecule has 0 saturated carbocycles. The fraction of sp³-hybridized carbons (Fsp3) is 0.714. The van der Waals surface area contributed by atoms with Gasteiger partial charge >= 0.3 is 16.8 Å². The molecule has 0 amide bonds. The lowest BCUT2D eigenvalue weighted by Gasteiger charge is -2.14. The van der Waals surface area contributed by atoms with Crippen LogP contribution >= 0.6 is 0 Å². The van der Waals surface area contributed by atoms with Crippen LogP contribution in [0.5, 0.6) is 0 Å². The van der Waals surface area contributed by atoms with Crippen LogP contribution in [-0.4, -0.2) is 49.4 Å². The average Bonchev–Trinajstić information content (AvgIpc) is 2.45. The third kappa shape index (κ3) is 9.90. The summed E-state index contributed by atoms with van der Waals surface area (Å²) in [5.74, 6) is 0. The zero-order valence-corrected chi connectivity index (χ0v) is 9.99. The highest BCUT2D eigenvalue weighted by Crippen LogP contribution is 2.18. The molecule has 1 aliphatic heterocycles. The van der Waals surface area contributed by atoms with Gasteiger partial charge in [-0.05, 0) is 6.92 Å². The highest BCUT2D eigenvalue weighted by Gasteiger charge is 2.35. The Bertz CT molecular complexity index is 355. The number of nitrogens with zero attached hydrogens (tertiary/aromatic N) is 2. The van der Waals surface area contributed by atoms with Gasteiger partial charge in [-0.25, -0.2) is 0 Å². The summed E-state index contributed by atoms with van der Waals surface area (Å²) in [5.41, 5.74) is 0. The number of halogens is 3. The number of alkyl halides is 3. The van der Waals surface area contributed by atoms with Crippen molar-refractivity contribution >= 4 is 10.4 Å². The van der Waals surface area contributed by atoms with Crippen molar-refractivity contribution in [1.82, 2.24) is 9.80 Å². The molecular formula is C7H13F3N2O4S. The summed E-state index contributed by atoms with van der Waals surface area (Å²) in [6, 6.07) is 0. The van der Waals surface area contributed by atoms with Gasteiger partial charge in [-0.3, -0.25) is 4.55 Å². The fourth-order valence-corrected chi connectivity index (χ4v) is 1.15. The normalized spacial score (nSPS) is 15.9. The zero-order valence-electron chi connectivity index (χ0n) is 9.18. The Labute approximate surface area is 97.2 Å². The first-order chi connectivity index (χ1) is 7.53. The maximum absolute atomic E-state index is 10.8. The van der Waals surface area contributed by atoms with E-state index in [0.29, 0.717) is 0 Å². The van der Waals surface area contributed by atoms with Crippen LogP contribution in [0.3, 0.4) is 0 Å². The van der Waals surface area contributed by atoms with Crippen LogP contribution in [-0.2, 0) is 14.6 Å². The van der Waals surface area contributed by atoms with Crippen LogP contribution in [0, 0.1) is 0 Å². The number of hydrogen-bond acceptors (Lipinski definition) is 5. The topological polar surface area (TPSA) is 70.1 Å². The van der Waals surface area contributed by atoms with Gasteiger partial charge in [0.2, 0.25) is 0 Å². The Balaban J connectivity index is 0.000000302. The molecule has 17 heavy (non-hydrogen) atoms. The van der Waals surface area contributed by atoms with Crippen molar-refractivity contribution in [1.29, 1.82) is 0 Å². The largest absolute Gasteiger partial charge is 0.538 e. The summed E-state index contributed by atoms with van der Waals surface area (Å²) in [5, 5.41) is 0. The SMILES string of the molecule is CCN1C=CN(C)C1.O=S(=O)(O)OC(F)(F)F. The molecule has 102 valence electrons. The predicted octanol–water partition coefficient (Wildman–Crippen LogP) is 1.01. The second kappa shape index (κ2) is 6.07. The second-order valence-corrected chi connectivity index (χ2v) is 4.08. The fourth-order valence-electron chi connectivity index (χ4n) is 0.914. The molecule has 0 aromatic rings. The van der Waals surface area contributed by atoms with E-state index < -0.39 is 16.8 Å². The van der Waals surface area contributed by atoms with Crippen molar-refractivity contribution in [2.45, 2.75) is 13.3 Å². The maximum atomic E-state index is 10.8. The molecular weight excluding hydrogens is 265 g/mol. The summed E-state index contributed by atoms with van der Waals surface area (Å²) in [6.45, 7) is 4.32. The molecule has 0 unspecified atom stereocenters. The second-order valence-electron chi connectivity index (χ2n) is 3.06. The van der Waals surface area contributed by atoms with Gasteiger partial charge < -0.3 is 9.80 Å². The lowest BCUT2D eigenvalue weighted by Crippen LogP contribution is -2.21. The average molecular weight is 278 g/mol. The van der Waals surface area contributed by atoms with Gasteiger partial charge in [0.15, 0.2) is 0 Å². The molecule has 0 bridgehead atoms. The maximum Gasteiger partial charge on any atom is 0.538 e. The molecule has 10 heteroatoms. The Morgan fingerprint density at radius 2 is 1.94 bits per heavy atom. The molecule has 0 atom stereocenters. The first-order valence-corrected chi connectivity index (χ1v) is 5.77. The summed E-state index contributed by atoms with van der Waals surface area (Å²) in [4.78, 5) is 4.41. The Kier molecular flexibility index (Phi) is 5.72. The van der Waals surface area contributed by atoms with E-state index in [1.807, 2.05) is 0 Å². The van der Waals surface area contributed by atoms with Gasteiger partial charge in [0.1, 0.15) is 0 Å². The van der Waals surface area contributed by atoms with Gasteiger partial charge in [0.25, 0.3) is 0 Å². The van der Waals surface area contributed by atoms with Crippen molar-refractivity contribution in [3.05, 3.63) is 12.4 Å². The predicted molar refractivity (Wildman–Crippen MR) is 52.8 cm³/mol. The molecule has 1 rings (SSSR count). The summed E-state index contributed by atoms with van der Waals surface area (Å²) < 4.78 is 60.4. The van der Waals surface area contributed by atoms with Crippen molar-refractivity contribution in [2.24, 2.45) is 0 Å². The highest BCUT2D eigenvalue weighted by atomic mass is 32.3. The van der Waals surface area contributed by atoms with Crippen molar-refractivity contribution in [3.63, 3.8) is 0 Å². The number of rotatable bonds is 2. The van der Waals surface area contributed by atoms with Gasteiger partial charge in [0.05, 0.1) is 6.67 Å². The van der Waals surface area contributed by atoms with E-state index in [1.54, 1.807) is 0 Å². The van der Waals surface area contributed by atoms with Crippen molar-refractivity contribution < 1.29 is 30.3 Å². The smallest absolute Gasteiger partial charge is 0.362 e. The lowest BCUT2D eigenvalue weighted by atomic mass is 10.6. The van der Waals surface area contributed by atoms with Crippen LogP contribution in [0.4, 0.5) is 13.2 Å². The van der Waals surface area contributed by atoms with Crippen LogP contribution in [0.25, 0.3) is 0 Å². The molecule has 6 nitrogen and oxygen atoms in total. The monoisotopic (exact) mass is 278 g/mol. The molecule has 0 radical (unpaired) electrons. The van der Waals surface area contributed by atoms with Crippen molar-refractivity contribution in [2.75, 3.05) is 20.3 Å². The Morgan fingerprint density at radius 1 is 1.41 bits per heavy atom. The van der Waals surface area contributed by atoms with E-state index in [0.717, 1.165) is 13.2 Å². The minimum Gasteiger partial charge on any atom is -0.362 e. The minimum atomic E-state index is -5.41. The molecule has 0 aliphatic carbocycles. The van der Waals surface area contributed by atoms with Crippen LogP contribution in [0.2, 0.25) is 0 Å². The molecule has 0 saturated heterocycles. The summed E-state index contributed by atoms with van der Waals surface area (Å²) in [7, 11) is -3.33. The van der Waals surface area contributed by atoms with Crippen LogP contribution in [0.1, 0.15) is 6.92 Å². The summed E-state index contributed by atoms with van der Waals surface area (Å²) in [6.07, 6.45) is -1.16. The van der Waals surface area contributed by atoms with Gasteiger partial charge in [0, 0.05) is 26.0 Å². The third-order valence-electron chi connectivity index (χ3n) is 1.54. The first-order valence-electron chi connectivity index (χ1n) is 4.41. The molecule has 0 aromatic carbocycles. The zero-order chi connectivity index (χ0) is 13.7. The van der Waals surface area contributed by atoms with E-state index in [1.165, 1.54) is 0 Å². The van der Waals surface area contributed by atoms with Crippen LogP contribution < -0.4 is 0 Å². The van der Waals surface area contributed by atoms with E-state index in [-0.39, 0.29) is 0 Å². The van der Waals surface area contributed by atoms with Gasteiger partial charge in [-0.1, -0.05) is 0 Å². The molecule has 0 spiro atoms. The molecule has 0 aromatic heterocycles. The Morgan fingerprint density at radius 3 is 2.06 bits per heavy atom. The summed E-state index contributed by atoms with van der Waals surface area (Å²) >= 11 is 0. The molecule has 1 heterocycles. The molecule has 1 N–H and O–H groups in total. The van der Waals surface area contributed by atoms with E-state index in [9.17, 15) is 21.6 Å². The standard InChI is InChI=1S/C6H12N2.CHF3O4S/c1-3-8-5-4-7(2)6-8;2-1(3,4)8-9(5,6)7/h4-5H,3,6H2,1-2H3;(H,5,6,7). The van der Waals surface area contributed by atoms with E-state index >= 15 is 0 Å². The third-order valence-corrected chi connectivity index (χ3v) is 1.94. The number of hydrogen-bond donors (Lipinski definition) is 1. The van der Waals surface area contributed by atoms with Crippen molar-refractivity contribution in [3.8, 4) is 0 Å². The molecule has 1 aliphatic rings. The first kappa shape index (κ1) is 16.0. The minimum absolute atomic E-state index is 1.05. The van der Waals surface area contributed by atoms with Gasteiger partial charge in [-0.15, -0.1) is 17.4 Å². The van der Waals surface area contributed by atoms with E-state index in [2.05, 4.69) is 40.4 Å². The Hall–Kier alpha value is -1.00. The van der Waals surface area contributed by atoms with E-state index in [4.69, 9.17) is 4.55 Å². The highest BCUT2D eigenvalue weighted by molar-refractivity contribution is 7.80. The van der Waals surface area contributed by atoms with Gasteiger partial charge in [-0.2, -0.15) is 8.42 Å².